The van der Waals surface area contributed by atoms with Crippen LogP contribution in [0.2, 0.25) is 0 Å². The van der Waals surface area contributed by atoms with E-state index in [1.54, 1.807) is 0 Å². The molecule has 5 aliphatic carbocycles. The molecular formula is C18H20FeO. The van der Waals surface area contributed by atoms with Crippen LogP contribution in [-0.4, -0.2) is 6.29 Å². The van der Waals surface area contributed by atoms with Gasteiger partial charge in [-0.25, -0.2) is 0 Å². The molecule has 0 heterocycles. The first-order chi connectivity index (χ1) is 9.13. The van der Waals surface area contributed by atoms with E-state index in [9.17, 15) is 4.79 Å². The Labute approximate surface area is 135 Å². The molecule has 0 aliphatic heterocycles. The smallest absolute Gasteiger partial charge is 0.127 e. The maximum Gasteiger partial charge on any atom is 0.127 e. The quantitative estimate of drug-likeness (QED) is 0.536. The van der Waals surface area contributed by atoms with Crippen molar-refractivity contribution in [3.63, 3.8) is 0 Å². The molecule has 0 spiro atoms. The summed E-state index contributed by atoms with van der Waals surface area (Å²) < 4.78 is 0. The van der Waals surface area contributed by atoms with Gasteiger partial charge in [-0.1, -0.05) is 13.8 Å². The van der Waals surface area contributed by atoms with E-state index in [2.05, 4.69) is 26.7 Å². The predicted molar refractivity (Wildman–Crippen MR) is 75.9 cm³/mol. The van der Waals surface area contributed by atoms with Crippen molar-refractivity contribution in [2.24, 2.45) is 17.3 Å². The van der Waals surface area contributed by atoms with Crippen molar-refractivity contribution < 1.29 is 21.9 Å². The monoisotopic (exact) mass is 308 g/mol. The molecule has 5 rings (SSSR count). The van der Waals surface area contributed by atoms with Crippen LogP contribution >= 0.6 is 0 Å². The maximum absolute atomic E-state index is 10.7. The first kappa shape index (κ1) is 16.6. The third kappa shape index (κ3) is 2.88. The van der Waals surface area contributed by atoms with Crippen molar-refractivity contribution >= 4 is 6.29 Å². The summed E-state index contributed by atoms with van der Waals surface area (Å²) in [7, 11) is 0. The van der Waals surface area contributed by atoms with E-state index >= 15 is 0 Å². The van der Waals surface area contributed by atoms with Crippen molar-refractivity contribution in [2.75, 3.05) is 0 Å². The maximum atomic E-state index is 10.7. The second-order valence-electron chi connectivity index (χ2n) is 6.36. The average Bonchev–Trinajstić information content (AvgIpc) is 3.09. The zero-order chi connectivity index (χ0) is 13.5. The third-order valence-electron chi connectivity index (χ3n) is 5.04. The molecule has 5 saturated carbocycles. The Hall–Kier alpha value is 0.189. The van der Waals surface area contributed by atoms with Gasteiger partial charge < -0.3 is 4.79 Å². The van der Waals surface area contributed by atoms with Gasteiger partial charge in [-0.3, -0.25) is 0 Å². The number of hydrogen-bond acceptors (Lipinski definition) is 1. The van der Waals surface area contributed by atoms with Gasteiger partial charge in [0, 0.05) is 23.0 Å². The second kappa shape index (κ2) is 6.53. The fraction of sp³-hybridized carbons (Fsp3) is 0.389. The van der Waals surface area contributed by atoms with Gasteiger partial charge in [0.05, 0.1) is 0 Å². The SMILES string of the molecule is CC1(C)C2C[C]3[CH][C](C=O)[CH][C]3C1C2.[CH]1[CH][CH][CH][CH]1.[Fe]. The molecule has 0 amide bonds. The molecule has 0 N–H and O–H groups in total. The minimum atomic E-state index is 0. The van der Waals surface area contributed by atoms with Crippen LogP contribution in [-0.2, 0) is 21.9 Å². The first-order valence-corrected chi connectivity index (χ1v) is 7.04. The van der Waals surface area contributed by atoms with Gasteiger partial charge in [0.25, 0.3) is 0 Å². The second-order valence-corrected chi connectivity index (χ2v) is 6.36. The third-order valence-corrected chi connectivity index (χ3v) is 5.04. The molecule has 2 atom stereocenters. The molecule has 2 bridgehead atoms. The largest absolute Gasteiger partial charge is 0.303 e. The Kier molecular flexibility index (Phi) is 5.40. The van der Waals surface area contributed by atoms with Crippen LogP contribution in [0.25, 0.3) is 0 Å². The molecule has 0 aromatic carbocycles. The topological polar surface area (TPSA) is 17.1 Å². The van der Waals surface area contributed by atoms with Crippen LogP contribution in [0.4, 0.5) is 0 Å². The van der Waals surface area contributed by atoms with Gasteiger partial charge in [-0.05, 0) is 86.9 Å². The van der Waals surface area contributed by atoms with Crippen LogP contribution in [0.15, 0.2) is 0 Å². The normalized spacial score (nSPS) is 35.3. The molecule has 106 valence electrons. The summed E-state index contributed by atoms with van der Waals surface area (Å²) in [5.41, 5.74) is 0.474. The number of rotatable bonds is 1. The van der Waals surface area contributed by atoms with Crippen molar-refractivity contribution in [3.8, 4) is 0 Å². The van der Waals surface area contributed by atoms with E-state index in [4.69, 9.17) is 0 Å². The summed E-state index contributed by atoms with van der Waals surface area (Å²) in [5.74, 6) is 5.33. The molecule has 5 fully saturated rings. The Bertz CT molecular complexity index is 327. The fourth-order valence-corrected chi connectivity index (χ4v) is 3.64. The van der Waals surface area contributed by atoms with Gasteiger partial charge >= 0.3 is 0 Å². The summed E-state index contributed by atoms with van der Waals surface area (Å²) >= 11 is 0. The van der Waals surface area contributed by atoms with Crippen molar-refractivity contribution in [1.29, 1.82) is 0 Å². The Morgan fingerprint density at radius 1 is 1.10 bits per heavy atom. The van der Waals surface area contributed by atoms with E-state index in [1.807, 2.05) is 32.1 Å². The number of carbonyl (C=O) groups is 1. The van der Waals surface area contributed by atoms with E-state index in [1.165, 1.54) is 24.7 Å². The zero-order valence-corrected chi connectivity index (χ0v) is 13.1. The van der Waals surface area contributed by atoms with Crippen LogP contribution in [0, 0.1) is 80.0 Å². The van der Waals surface area contributed by atoms with Gasteiger partial charge in [-0.15, -0.1) is 0 Å². The van der Waals surface area contributed by atoms with E-state index in [-0.39, 0.29) is 17.1 Å². The zero-order valence-electron chi connectivity index (χ0n) is 11.9. The van der Waals surface area contributed by atoms with Crippen molar-refractivity contribution in [1.82, 2.24) is 0 Å². The molecule has 0 aromatic rings. The molecule has 20 heavy (non-hydrogen) atoms. The molecule has 10 radical (unpaired) electrons. The molecule has 0 saturated heterocycles. The van der Waals surface area contributed by atoms with Crippen LogP contribution in [0.3, 0.4) is 0 Å². The Morgan fingerprint density at radius 2 is 1.70 bits per heavy atom. The molecular weight excluding hydrogens is 288 g/mol. The van der Waals surface area contributed by atoms with E-state index in [0.29, 0.717) is 11.3 Å². The van der Waals surface area contributed by atoms with E-state index in [0.717, 1.165) is 18.1 Å². The number of carbonyl (C=O) groups excluding carboxylic acids is 1. The molecule has 5 aliphatic rings. The van der Waals surface area contributed by atoms with Crippen LogP contribution in [0.5, 0.6) is 0 Å². The van der Waals surface area contributed by atoms with Gasteiger partial charge in [0.15, 0.2) is 0 Å². The van der Waals surface area contributed by atoms with Gasteiger partial charge in [0.1, 0.15) is 6.29 Å². The number of aldehydes is 1. The summed E-state index contributed by atoms with van der Waals surface area (Å²) in [5, 5.41) is 0. The van der Waals surface area contributed by atoms with Crippen molar-refractivity contribution in [2.45, 2.75) is 26.7 Å². The molecule has 2 heteroatoms. The summed E-state index contributed by atoms with van der Waals surface area (Å²) in [6.45, 7) is 4.73. The first-order valence-electron chi connectivity index (χ1n) is 7.04. The number of hydrogen-bond donors (Lipinski definition) is 0. The van der Waals surface area contributed by atoms with Gasteiger partial charge in [0.2, 0.25) is 0 Å². The summed E-state index contributed by atoms with van der Waals surface area (Å²) in [4.78, 5) is 10.7. The Morgan fingerprint density at radius 3 is 2.20 bits per heavy atom. The average molecular weight is 308 g/mol. The minimum absolute atomic E-state index is 0. The standard InChI is InChI=1S/C13H15O.C5H5.Fe/c1-13(2)10-5-9-3-8(7-14)4-11(9)12(13)6-10;1-2-4-5-3-1;/h3-4,7,10,12H,5-6H2,1-2H3;1-5H;. The molecule has 0 aromatic heterocycles. The van der Waals surface area contributed by atoms with Crippen molar-refractivity contribution in [3.05, 3.63) is 62.7 Å². The van der Waals surface area contributed by atoms with Crippen LogP contribution < -0.4 is 0 Å². The summed E-state index contributed by atoms with van der Waals surface area (Å²) in [6, 6.07) is 0. The Balaban J connectivity index is 0.000000210. The molecule has 1 nitrogen and oxygen atoms in total. The van der Waals surface area contributed by atoms with E-state index < -0.39 is 0 Å². The summed E-state index contributed by atoms with van der Waals surface area (Å²) in [6.07, 6.45) is 17.7. The minimum Gasteiger partial charge on any atom is -0.303 e. The van der Waals surface area contributed by atoms with Gasteiger partial charge in [-0.2, -0.15) is 0 Å². The molecule has 2 unspecified atom stereocenters. The fourth-order valence-electron chi connectivity index (χ4n) is 3.64. The van der Waals surface area contributed by atoms with Crippen LogP contribution in [0.1, 0.15) is 26.7 Å². The predicted octanol–water partition coefficient (Wildman–Crippen LogP) is 3.42.